The molecule has 108 valence electrons. The number of nitro groups is 1. The van der Waals surface area contributed by atoms with E-state index in [-0.39, 0.29) is 17.8 Å². The van der Waals surface area contributed by atoms with Crippen molar-refractivity contribution in [2.45, 2.75) is 19.4 Å². The average Bonchev–Trinajstić information content (AvgIpc) is 2.38. The van der Waals surface area contributed by atoms with E-state index in [1.807, 2.05) is 0 Å². The summed E-state index contributed by atoms with van der Waals surface area (Å²) in [6, 6.07) is 3.31. The Morgan fingerprint density at radius 1 is 1.50 bits per heavy atom. The van der Waals surface area contributed by atoms with Crippen LogP contribution in [0.4, 0.5) is 11.4 Å². The zero-order chi connectivity index (χ0) is 15.3. The number of methoxy groups -OCH3 is 1. The van der Waals surface area contributed by atoms with Gasteiger partial charge in [0.2, 0.25) is 5.91 Å². The summed E-state index contributed by atoms with van der Waals surface area (Å²) in [5.74, 6) is -1.02. The zero-order valence-electron chi connectivity index (χ0n) is 11.1. The van der Waals surface area contributed by atoms with Gasteiger partial charge in [0.25, 0.3) is 5.69 Å². The minimum atomic E-state index is -0.902. The predicted molar refractivity (Wildman–Crippen MR) is 70.8 cm³/mol. The fourth-order valence-electron chi connectivity index (χ4n) is 1.69. The third-order valence-corrected chi connectivity index (χ3v) is 2.59. The van der Waals surface area contributed by atoms with Gasteiger partial charge in [-0.05, 0) is 11.6 Å². The van der Waals surface area contributed by atoms with Crippen LogP contribution in [-0.4, -0.2) is 30.0 Å². The molecule has 1 amide bonds. The summed E-state index contributed by atoms with van der Waals surface area (Å²) in [5.41, 5.74) is 5.77. The molecule has 0 saturated heterocycles. The van der Waals surface area contributed by atoms with Gasteiger partial charge < -0.3 is 15.8 Å². The quantitative estimate of drug-likeness (QED) is 0.348. The highest BCUT2D eigenvalue weighted by Crippen LogP contribution is 2.23. The summed E-state index contributed by atoms with van der Waals surface area (Å²) in [6.07, 6.45) is 0.0768. The van der Waals surface area contributed by atoms with Gasteiger partial charge in [0.1, 0.15) is 11.7 Å². The fraction of sp³-hybridized carbons (Fsp3) is 0.333. The lowest BCUT2D eigenvalue weighted by molar-refractivity contribution is -0.384. The Bertz CT molecular complexity index is 544. The fourth-order valence-corrected chi connectivity index (χ4v) is 1.69. The second kappa shape index (κ2) is 6.50. The Balaban J connectivity index is 2.99. The number of nitrogens with zero attached hydrogens (tertiary/aromatic N) is 1. The van der Waals surface area contributed by atoms with Crippen molar-refractivity contribution in [3.63, 3.8) is 0 Å². The normalized spacial score (nSPS) is 11.5. The van der Waals surface area contributed by atoms with Crippen LogP contribution in [-0.2, 0) is 20.7 Å². The highest BCUT2D eigenvalue weighted by molar-refractivity contribution is 5.83. The van der Waals surface area contributed by atoms with Crippen LogP contribution in [0.2, 0.25) is 0 Å². The van der Waals surface area contributed by atoms with Crippen molar-refractivity contribution in [1.82, 2.24) is 5.32 Å². The maximum atomic E-state index is 11.5. The van der Waals surface area contributed by atoms with Crippen molar-refractivity contribution >= 4 is 23.3 Å². The Kier molecular flexibility index (Phi) is 5.01. The molecule has 0 fully saturated rings. The molecule has 0 saturated carbocycles. The third kappa shape index (κ3) is 3.94. The molecule has 1 unspecified atom stereocenters. The van der Waals surface area contributed by atoms with E-state index in [2.05, 4.69) is 10.1 Å². The van der Waals surface area contributed by atoms with Gasteiger partial charge in [-0.15, -0.1) is 0 Å². The molecule has 1 aromatic rings. The minimum absolute atomic E-state index is 0.0351. The standard InChI is InChI=1S/C12H15N3O5/c1-7(16)14-10(12(17)20-2)5-8-3-4-9(13)11(6-8)15(18)19/h3-4,6,10H,5,13H2,1-2H3,(H,14,16). The number of nitro benzene ring substituents is 1. The summed E-state index contributed by atoms with van der Waals surface area (Å²) in [7, 11) is 1.20. The molecular weight excluding hydrogens is 266 g/mol. The Labute approximate surface area is 115 Å². The number of hydrogen-bond acceptors (Lipinski definition) is 6. The number of amides is 1. The van der Waals surface area contributed by atoms with Crippen molar-refractivity contribution in [3.05, 3.63) is 33.9 Å². The minimum Gasteiger partial charge on any atom is -0.467 e. The summed E-state index contributed by atoms with van der Waals surface area (Å²) in [6.45, 7) is 1.27. The number of carbonyl (C=O) groups is 2. The first kappa shape index (κ1) is 15.4. The highest BCUT2D eigenvalue weighted by Gasteiger charge is 2.22. The topological polar surface area (TPSA) is 125 Å². The van der Waals surface area contributed by atoms with Gasteiger partial charge >= 0.3 is 5.97 Å². The molecule has 0 aliphatic rings. The molecule has 1 aromatic carbocycles. The monoisotopic (exact) mass is 281 g/mol. The average molecular weight is 281 g/mol. The lowest BCUT2D eigenvalue weighted by Gasteiger charge is -2.15. The van der Waals surface area contributed by atoms with Crippen LogP contribution >= 0.6 is 0 Å². The first-order valence-corrected chi connectivity index (χ1v) is 5.73. The maximum Gasteiger partial charge on any atom is 0.328 e. The second-order valence-corrected chi connectivity index (χ2v) is 4.13. The van der Waals surface area contributed by atoms with Crippen LogP contribution < -0.4 is 11.1 Å². The van der Waals surface area contributed by atoms with E-state index in [9.17, 15) is 19.7 Å². The van der Waals surface area contributed by atoms with E-state index in [1.54, 1.807) is 6.07 Å². The van der Waals surface area contributed by atoms with Crippen molar-refractivity contribution in [2.24, 2.45) is 0 Å². The maximum absolute atomic E-state index is 11.5. The van der Waals surface area contributed by atoms with Crippen LogP contribution in [0.3, 0.4) is 0 Å². The van der Waals surface area contributed by atoms with Crippen LogP contribution in [0.5, 0.6) is 0 Å². The molecule has 0 aliphatic carbocycles. The van der Waals surface area contributed by atoms with Gasteiger partial charge in [-0.3, -0.25) is 14.9 Å². The number of esters is 1. The zero-order valence-corrected chi connectivity index (χ0v) is 11.1. The van der Waals surface area contributed by atoms with Gasteiger partial charge in [0.15, 0.2) is 0 Å². The highest BCUT2D eigenvalue weighted by atomic mass is 16.6. The van der Waals surface area contributed by atoms with E-state index in [0.717, 1.165) is 0 Å². The molecule has 0 radical (unpaired) electrons. The van der Waals surface area contributed by atoms with E-state index in [4.69, 9.17) is 5.73 Å². The lowest BCUT2D eigenvalue weighted by Crippen LogP contribution is -2.42. The Morgan fingerprint density at radius 3 is 2.65 bits per heavy atom. The van der Waals surface area contributed by atoms with Gasteiger partial charge in [0.05, 0.1) is 12.0 Å². The van der Waals surface area contributed by atoms with Gasteiger partial charge in [-0.1, -0.05) is 6.07 Å². The summed E-state index contributed by atoms with van der Waals surface area (Å²) in [4.78, 5) is 32.8. The van der Waals surface area contributed by atoms with Gasteiger partial charge in [-0.2, -0.15) is 0 Å². The molecule has 0 heterocycles. The SMILES string of the molecule is COC(=O)C(Cc1ccc(N)c([N+](=O)[O-])c1)NC(C)=O. The Hall–Kier alpha value is -2.64. The molecule has 3 N–H and O–H groups in total. The van der Waals surface area contributed by atoms with Crippen molar-refractivity contribution in [1.29, 1.82) is 0 Å². The first-order valence-electron chi connectivity index (χ1n) is 5.73. The van der Waals surface area contributed by atoms with E-state index >= 15 is 0 Å². The number of hydrogen-bond donors (Lipinski definition) is 2. The van der Waals surface area contributed by atoms with Gasteiger partial charge in [-0.25, -0.2) is 4.79 Å². The number of nitrogen functional groups attached to an aromatic ring is 1. The summed E-state index contributed by atoms with van der Waals surface area (Å²) in [5, 5.41) is 13.2. The molecule has 20 heavy (non-hydrogen) atoms. The number of benzene rings is 1. The van der Waals surface area contributed by atoms with Gasteiger partial charge in [0, 0.05) is 19.4 Å². The molecular formula is C12H15N3O5. The lowest BCUT2D eigenvalue weighted by atomic mass is 10.0. The molecule has 1 atom stereocenters. The molecule has 8 heteroatoms. The van der Waals surface area contributed by atoms with Crippen LogP contribution in [0.1, 0.15) is 12.5 Å². The number of anilines is 1. The van der Waals surface area contributed by atoms with Crippen molar-refractivity contribution < 1.29 is 19.2 Å². The number of rotatable bonds is 5. The number of nitrogens with one attached hydrogen (secondary N) is 1. The van der Waals surface area contributed by atoms with Crippen molar-refractivity contribution in [3.8, 4) is 0 Å². The van der Waals surface area contributed by atoms with Crippen LogP contribution in [0.25, 0.3) is 0 Å². The van der Waals surface area contributed by atoms with Crippen molar-refractivity contribution in [2.75, 3.05) is 12.8 Å². The van der Waals surface area contributed by atoms with E-state index in [0.29, 0.717) is 5.56 Å². The molecule has 0 bridgehead atoms. The van der Waals surface area contributed by atoms with Crippen LogP contribution in [0.15, 0.2) is 18.2 Å². The number of nitrogens with two attached hydrogens (primary N) is 1. The van der Waals surface area contributed by atoms with E-state index in [1.165, 1.54) is 26.2 Å². The molecule has 0 aliphatic heterocycles. The predicted octanol–water partition coefficient (Wildman–Crippen LogP) is 0.397. The summed E-state index contributed by atoms with van der Waals surface area (Å²) < 4.78 is 4.57. The van der Waals surface area contributed by atoms with Crippen LogP contribution in [0, 0.1) is 10.1 Å². The molecule has 0 spiro atoms. The molecule has 0 aromatic heterocycles. The molecule has 1 rings (SSSR count). The molecule has 8 nitrogen and oxygen atoms in total. The smallest absolute Gasteiger partial charge is 0.328 e. The number of carbonyl (C=O) groups excluding carboxylic acids is 2. The van der Waals surface area contributed by atoms with E-state index < -0.39 is 22.8 Å². The Morgan fingerprint density at radius 2 is 2.15 bits per heavy atom. The summed E-state index contributed by atoms with van der Waals surface area (Å²) >= 11 is 0. The second-order valence-electron chi connectivity index (χ2n) is 4.13. The third-order valence-electron chi connectivity index (χ3n) is 2.59. The number of ether oxygens (including phenoxy) is 1. The largest absolute Gasteiger partial charge is 0.467 e. The first-order chi connectivity index (χ1) is 9.35.